The molecule has 0 radical (unpaired) electrons. The molecule has 2 amide bonds. The lowest BCUT2D eigenvalue weighted by Crippen LogP contribution is -2.34. The van der Waals surface area contributed by atoms with Crippen LogP contribution in [0.3, 0.4) is 0 Å². The molecule has 2 aromatic rings. The van der Waals surface area contributed by atoms with Crippen LogP contribution in [0.4, 0.5) is 0 Å². The predicted molar refractivity (Wildman–Crippen MR) is 102 cm³/mol. The molecule has 1 saturated heterocycles. The summed E-state index contributed by atoms with van der Waals surface area (Å²) in [5, 5.41) is 2.96. The van der Waals surface area contributed by atoms with Crippen LogP contribution in [-0.4, -0.2) is 35.6 Å². The van der Waals surface area contributed by atoms with Crippen molar-refractivity contribution in [3.8, 4) is 0 Å². The Bertz CT molecular complexity index is 773. The molecule has 0 spiro atoms. The van der Waals surface area contributed by atoms with Crippen molar-refractivity contribution in [2.75, 3.05) is 18.8 Å². The lowest BCUT2D eigenvalue weighted by molar-refractivity contribution is -0.129. The third-order valence-corrected chi connectivity index (χ3v) is 5.66. The van der Waals surface area contributed by atoms with Gasteiger partial charge in [-0.05, 0) is 49.2 Å². The first-order chi connectivity index (χ1) is 12.5. The Kier molecular flexibility index (Phi) is 6.04. The second-order valence-corrected chi connectivity index (χ2v) is 7.81. The first-order valence-corrected chi connectivity index (χ1v) is 9.79. The number of carbonyl (C=O) groups is 2. The van der Waals surface area contributed by atoms with Gasteiger partial charge < -0.3 is 14.6 Å². The van der Waals surface area contributed by atoms with Gasteiger partial charge in [-0.15, -0.1) is 11.8 Å². The van der Waals surface area contributed by atoms with Gasteiger partial charge in [0.2, 0.25) is 11.8 Å². The molecule has 0 bridgehead atoms. The van der Waals surface area contributed by atoms with E-state index in [-0.39, 0.29) is 24.2 Å². The molecular weight excluding hydrogens is 348 g/mol. The number of rotatable bonds is 7. The van der Waals surface area contributed by atoms with Gasteiger partial charge in [0.25, 0.3) is 0 Å². The summed E-state index contributed by atoms with van der Waals surface area (Å²) in [6.45, 7) is 5.68. The number of aryl methyl sites for hydroxylation is 2. The molecule has 5 nitrogen and oxygen atoms in total. The summed E-state index contributed by atoms with van der Waals surface area (Å²) < 4.78 is 5.28. The number of benzene rings is 1. The van der Waals surface area contributed by atoms with Gasteiger partial charge in [0, 0.05) is 30.2 Å². The number of amides is 2. The van der Waals surface area contributed by atoms with Crippen molar-refractivity contribution in [1.82, 2.24) is 10.2 Å². The van der Waals surface area contributed by atoms with Crippen molar-refractivity contribution in [3.63, 3.8) is 0 Å². The minimum atomic E-state index is -0.274. The largest absolute Gasteiger partial charge is 0.467 e. The number of hydrogen-bond acceptors (Lipinski definition) is 4. The molecule has 3 rings (SSSR count). The van der Waals surface area contributed by atoms with Crippen molar-refractivity contribution in [3.05, 3.63) is 53.5 Å². The fraction of sp³-hybridized carbons (Fsp3) is 0.400. The number of furan rings is 1. The van der Waals surface area contributed by atoms with Gasteiger partial charge in [-0.3, -0.25) is 9.59 Å². The highest BCUT2D eigenvalue weighted by molar-refractivity contribution is 7.99. The number of carbonyl (C=O) groups excluding carboxylic acids is 2. The van der Waals surface area contributed by atoms with E-state index in [9.17, 15) is 9.59 Å². The monoisotopic (exact) mass is 372 g/mol. The average Bonchev–Trinajstić information content (AvgIpc) is 3.25. The maximum Gasteiger partial charge on any atom is 0.225 e. The maximum atomic E-state index is 12.3. The highest BCUT2D eigenvalue weighted by Gasteiger charge is 2.34. The number of nitrogens with one attached hydrogen (secondary N) is 1. The number of thioether (sulfide) groups is 1. The van der Waals surface area contributed by atoms with Gasteiger partial charge >= 0.3 is 0 Å². The molecule has 1 fully saturated rings. The van der Waals surface area contributed by atoms with E-state index in [2.05, 4.69) is 37.4 Å². The molecule has 1 N–H and O–H groups in total. The van der Waals surface area contributed by atoms with Gasteiger partial charge in [-0.2, -0.15) is 0 Å². The Morgan fingerprint density at radius 3 is 2.88 bits per heavy atom. The Morgan fingerprint density at radius 1 is 1.31 bits per heavy atom. The van der Waals surface area contributed by atoms with E-state index in [1.165, 1.54) is 16.0 Å². The molecule has 138 valence electrons. The van der Waals surface area contributed by atoms with E-state index < -0.39 is 0 Å². The summed E-state index contributed by atoms with van der Waals surface area (Å²) in [6.07, 6.45) is 1.87. The molecular formula is C20H24N2O3S. The third kappa shape index (κ3) is 4.69. The molecule has 0 aliphatic carbocycles. The summed E-state index contributed by atoms with van der Waals surface area (Å²) in [5.41, 5.74) is 2.56. The summed E-state index contributed by atoms with van der Waals surface area (Å²) >= 11 is 1.73. The van der Waals surface area contributed by atoms with E-state index in [1.807, 2.05) is 6.07 Å². The SMILES string of the molecule is Cc1ccc(SCCNC(=O)[C@H]2CC(=O)N(Cc3ccco3)C2)cc1C. The molecule has 0 unspecified atom stereocenters. The number of nitrogens with zero attached hydrogens (tertiary/aromatic N) is 1. The van der Waals surface area contributed by atoms with E-state index in [0.717, 1.165) is 11.5 Å². The smallest absolute Gasteiger partial charge is 0.225 e. The molecule has 1 atom stereocenters. The molecule has 0 saturated carbocycles. The zero-order valence-corrected chi connectivity index (χ0v) is 16.0. The zero-order chi connectivity index (χ0) is 18.5. The second kappa shape index (κ2) is 8.45. The van der Waals surface area contributed by atoms with Crippen molar-refractivity contribution >= 4 is 23.6 Å². The molecule has 1 aliphatic rings. The van der Waals surface area contributed by atoms with Crippen molar-refractivity contribution in [1.29, 1.82) is 0 Å². The highest BCUT2D eigenvalue weighted by Crippen LogP contribution is 2.22. The normalized spacial score (nSPS) is 16.9. The molecule has 1 aliphatic heterocycles. The topological polar surface area (TPSA) is 62.6 Å². The van der Waals surface area contributed by atoms with Crippen LogP contribution >= 0.6 is 11.8 Å². The second-order valence-electron chi connectivity index (χ2n) is 6.64. The van der Waals surface area contributed by atoms with E-state index in [4.69, 9.17) is 4.42 Å². The van der Waals surface area contributed by atoms with Gasteiger partial charge in [-0.25, -0.2) is 0 Å². The van der Waals surface area contributed by atoms with Crippen LogP contribution in [0.15, 0.2) is 45.9 Å². The van der Waals surface area contributed by atoms with Crippen LogP contribution in [0.25, 0.3) is 0 Å². The van der Waals surface area contributed by atoms with Crippen LogP contribution in [0.1, 0.15) is 23.3 Å². The van der Waals surface area contributed by atoms with Crippen LogP contribution < -0.4 is 5.32 Å². The lowest BCUT2D eigenvalue weighted by Gasteiger charge is -2.15. The number of hydrogen-bond donors (Lipinski definition) is 1. The molecule has 2 heterocycles. The molecule has 1 aromatic carbocycles. The summed E-state index contributed by atoms with van der Waals surface area (Å²) in [5.74, 6) is 1.24. The Morgan fingerprint density at radius 2 is 2.15 bits per heavy atom. The maximum absolute atomic E-state index is 12.3. The highest BCUT2D eigenvalue weighted by atomic mass is 32.2. The average molecular weight is 372 g/mol. The summed E-state index contributed by atoms with van der Waals surface area (Å²) in [7, 11) is 0. The van der Waals surface area contributed by atoms with E-state index in [0.29, 0.717) is 19.6 Å². The molecule has 26 heavy (non-hydrogen) atoms. The van der Waals surface area contributed by atoms with Crippen LogP contribution in [0, 0.1) is 19.8 Å². The predicted octanol–water partition coefficient (Wildman–Crippen LogP) is 3.15. The first kappa shape index (κ1) is 18.6. The van der Waals surface area contributed by atoms with Crippen molar-refractivity contribution in [2.24, 2.45) is 5.92 Å². The minimum absolute atomic E-state index is 0.00561. The Balaban J connectivity index is 1.41. The lowest BCUT2D eigenvalue weighted by atomic mass is 10.1. The number of likely N-dealkylation sites (tertiary alicyclic amines) is 1. The fourth-order valence-electron chi connectivity index (χ4n) is 2.98. The zero-order valence-electron chi connectivity index (χ0n) is 15.2. The molecule has 1 aromatic heterocycles. The summed E-state index contributed by atoms with van der Waals surface area (Å²) in [4.78, 5) is 27.3. The van der Waals surface area contributed by atoms with Crippen LogP contribution in [0.5, 0.6) is 0 Å². The van der Waals surface area contributed by atoms with Gasteiger partial charge in [0.05, 0.1) is 18.7 Å². The van der Waals surface area contributed by atoms with Crippen molar-refractivity contribution < 1.29 is 14.0 Å². The standard InChI is InChI=1S/C20H24N2O3S/c1-14-5-6-18(10-15(14)2)26-9-7-21-20(24)16-11-19(23)22(12-16)13-17-4-3-8-25-17/h3-6,8,10,16H,7,9,11-13H2,1-2H3,(H,21,24)/t16-/m0/s1. The summed E-state index contributed by atoms with van der Waals surface area (Å²) in [6, 6.07) is 10.0. The van der Waals surface area contributed by atoms with E-state index in [1.54, 1.807) is 29.0 Å². The van der Waals surface area contributed by atoms with Crippen molar-refractivity contribution in [2.45, 2.75) is 31.7 Å². The van der Waals surface area contributed by atoms with Crippen LogP contribution in [0.2, 0.25) is 0 Å². The third-order valence-electron chi connectivity index (χ3n) is 4.66. The van der Waals surface area contributed by atoms with Gasteiger partial charge in [-0.1, -0.05) is 6.07 Å². The van der Waals surface area contributed by atoms with E-state index >= 15 is 0 Å². The van der Waals surface area contributed by atoms with Gasteiger partial charge in [0.15, 0.2) is 0 Å². The molecule has 6 heteroatoms. The quantitative estimate of drug-likeness (QED) is 0.599. The Hall–Kier alpha value is -2.21. The Labute approximate surface area is 158 Å². The minimum Gasteiger partial charge on any atom is -0.467 e. The van der Waals surface area contributed by atoms with Crippen LogP contribution in [-0.2, 0) is 16.1 Å². The first-order valence-electron chi connectivity index (χ1n) is 8.81. The van der Waals surface area contributed by atoms with Gasteiger partial charge in [0.1, 0.15) is 5.76 Å². The fourth-order valence-corrected chi connectivity index (χ4v) is 3.85.